The second-order valence-electron chi connectivity index (χ2n) is 3.07. The van der Waals surface area contributed by atoms with E-state index in [0.717, 1.165) is 8.66 Å². The van der Waals surface area contributed by atoms with Crippen molar-refractivity contribution >= 4 is 43.2 Å². The van der Waals surface area contributed by atoms with Gasteiger partial charge in [0.25, 0.3) is 0 Å². The molecule has 2 aromatic rings. The summed E-state index contributed by atoms with van der Waals surface area (Å²) in [4.78, 5) is 1.13. The Morgan fingerprint density at radius 3 is 2.60 bits per heavy atom. The Hall–Kier alpha value is -0.100. The van der Waals surface area contributed by atoms with Gasteiger partial charge in [0.2, 0.25) is 0 Å². The van der Waals surface area contributed by atoms with Crippen molar-refractivity contribution in [3.63, 3.8) is 0 Å². The monoisotopic (exact) mass is 350 g/mol. The molecule has 0 aliphatic rings. The Morgan fingerprint density at radius 2 is 2.07 bits per heavy atom. The molecule has 0 aromatic carbocycles. The zero-order chi connectivity index (χ0) is 10.8. The molecule has 0 aliphatic heterocycles. The van der Waals surface area contributed by atoms with Gasteiger partial charge < -0.3 is 9.52 Å². The van der Waals surface area contributed by atoms with Crippen molar-refractivity contribution < 1.29 is 9.52 Å². The van der Waals surface area contributed by atoms with Crippen molar-refractivity contribution in [3.05, 3.63) is 43.4 Å². The third-order valence-corrected chi connectivity index (χ3v) is 4.02. The lowest BCUT2D eigenvalue weighted by Gasteiger charge is -2.04. The molecule has 15 heavy (non-hydrogen) atoms. The van der Waals surface area contributed by atoms with Gasteiger partial charge in [-0.15, -0.1) is 11.3 Å². The average Bonchev–Trinajstić information content (AvgIpc) is 2.75. The largest absolute Gasteiger partial charge is 0.452 e. The summed E-state index contributed by atoms with van der Waals surface area (Å²) in [5, 5.41) is 9.87. The van der Waals surface area contributed by atoms with Crippen molar-refractivity contribution in [1.29, 1.82) is 0 Å². The highest BCUT2D eigenvalue weighted by Gasteiger charge is 2.13. The summed E-state index contributed by atoms with van der Waals surface area (Å²) in [6.45, 7) is 0. The molecule has 1 atom stereocenters. The lowest BCUT2D eigenvalue weighted by Crippen LogP contribution is -1.98. The maximum absolute atomic E-state index is 9.87. The number of aliphatic hydroxyl groups is 1. The number of hydrogen-bond acceptors (Lipinski definition) is 3. The van der Waals surface area contributed by atoms with E-state index in [-0.39, 0.29) is 0 Å². The van der Waals surface area contributed by atoms with Gasteiger partial charge in [0.05, 0.1) is 3.79 Å². The molecule has 2 nitrogen and oxygen atoms in total. The maximum atomic E-state index is 9.87. The van der Waals surface area contributed by atoms with Crippen LogP contribution in [0.15, 0.2) is 37.1 Å². The van der Waals surface area contributed by atoms with E-state index in [4.69, 9.17) is 4.42 Å². The lowest BCUT2D eigenvalue weighted by molar-refractivity contribution is 0.149. The molecule has 0 bridgehead atoms. The molecule has 1 unspecified atom stereocenters. The summed E-state index contributed by atoms with van der Waals surface area (Å²) in [5.74, 6) is 0.589. The molecule has 0 saturated heterocycles. The summed E-state index contributed by atoms with van der Waals surface area (Å²) in [5.41, 5.74) is 0. The lowest BCUT2D eigenvalue weighted by atomic mass is 10.2. The molecule has 0 saturated carbocycles. The molecular formula is C10H8Br2O2S. The molecule has 2 aromatic heterocycles. The van der Waals surface area contributed by atoms with Gasteiger partial charge >= 0.3 is 0 Å². The van der Waals surface area contributed by atoms with Crippen LogP contribution in [-0.4, -0.2) is 5.11 Å². The van der Waals surface area contributed by atoms with Crippen molar-refractivity contribution in [2.24, 2.45) is 0 Å². The van der Waals surface area contributed by atoms with E-state index >= 15 is 0 Å². The van der Waals surface area contributed by atoms with Crippen molar-refractivity contribution in [2.75, 3.05) is 0 Å². The first-order chi connectivity index (χ1) is 7.15. The van der Waals surface area contributed by atoms with Crippen LogP contribution in [0.1, 0.15) is 16.7 Å². The van der Waals surface area contributed by atoms with Crippen molar-refractivity contribution in [2.45, 2.75) is 12.5 Å². The summed E-state index contributed by atoms with van der Waals surface area (Å²) in [7, 11) is 0. The van der Waals surface area contributed by atoms with Gasteiger partial charge in [-0.05, 0) is 56.1 Å². The van der Waals surface area contributed by atoms with Gasteiger partial charge in [-0.1, -0.05) is 0 Å². The van der Waals surface area contributed by atoms with E-state index in [2.05, 4.69) is 31.9 Å². The van der Waals surface area contributed by atoms with Gasteiger partial charge in [-0.2, -0.15) is 0 Å². The van der Waals surface area contributed by atoms with Crippen LogP contribution in [-0.2, 0) is 6.42 Å². The minimum Gasteiger partial charge on any atom is -0.452 e. The maximum Gasteiger partial charge on any atom is 0.169 e. The Balaban J connectivity index is 2.06. The van der Waals surface area contributed by atoms with Crippen LogP contribution in [0.3, 0.4) is 0 Å². The molecule has 2 rings (SSSR count). The second kappa shape index (κ2) is 4.82. The van der Waals surface area contributed by atoms with Gasteiger partial charge in [0.15, 0.2) is 4.67 Å². The summed E-state index contributed by atoms with van der Waals surface area (Å²) < 4.78 is 7.00. The zero-order valence-electron chi connectivity index (χ0n) is 7.61. The van der Waals surface area contributed by atoms with Crippen LogP contribution >= 0.6 is 43.2 Å². The van der Waals surface area contributed by atoms with Crippen molar-refractivity contribution in [3.8, 4) is 0 Å². The van der Waals surface area contributed by atoms with E-state index in [0.29, 0.717) is 16.9 Å². The molecule has 5 heteroatoms. The molecule has 0 radical (unpaired) electrons. The first kappa shape index (κ1) is 11.4. The number of rotatable bonds is 3. The first-order valence-electron chi connectivity index (χ1n) is 4.32. The Morgan fingerprint density at radius 1 is 1.27 bits per heavy atom. The molecule has 0 aliphatic carbocycles. The Kier molecular flexibility index (Phi) is 3.66. The summed E-state index contributed by atoms with van der Waals surface area (Å²) in [6, 6.07) is 7.53. The highest BCUT2D eigenvalue weighted by molar-refractivity contribution is 9.11. The summed E-state index contributed by atoms with van der Waals surface area (Å²) >= 11 is 8.22. The zero-order valence-corrected chi connectivity index (χ0v) is 11.6. The smallest absolute Gasteiger partial charge is 0.169 e. The molecule has 2 heterocycles. The van der Waals surface area contributed by atoms with Crippen LogP contribution in [0.25, 0.3) is 0 Å². The normalized spacial score (nSPS) is 13.0. The number of aliphatic hydroxyl groups excluding tert-OH is 1. The Labute approximate surface area is 108 Å². The third kappa shape index (κ3) is 2.93. The third-order valence-electron chi connectivity index (χ3n) is 1.95. The van der Waals surface area contributed by atoms with Crippen LogP contribution < -0.4 is 0 Å². The van der Waals surface area contributed by atoms with Crippen LogP contribution in [0.2, 0.25) is 0 Å². The fourth-order valence-corrected chi connectivity index (χ4v) is 3.10. The summed E-state index contributed by atoms with van der Waals surface area (Å²) in [6.07, 6.45) is -0.00204. The fourth-order valence-electron chi connectivity index (χ4n) is 1.26. The predicted octanol–water partition coefficient (Wildman–Crippen LogP) is 4.14. The van der Waals surface area contributed by atoms with E-state index in [1.54, 1.807) is 23.5 Å². The number of halogens is 2. The average molecular weight is 352 g/mol. The van der Waals surface area contributed by atoms with Crippen molar-refractivity contribution in [1.82, 2.24) is 0 Å². The molecule has 0 amide bonds. The quantitative estimate of drug-likeness (QED) is 0.901. The highest BCUT2D eigenvalue weighted by atomic mass is 79.9. The van der Waals surface area contributed by atoms with Crippen LogP contribution in [0.5, 0.6) is 0 Å². The molecule has 0 fully saturated rings. The number of furan rings is 1. The van der Waals surface area contributed by atoms with E-state index < -0.39 is 6.10 Å². The van der Waals surface area contributed by atoms with Crippen LogP contribution in [0, 0.1) is 0 Å². The second-order valence-corrected chi connectivity index (χ2v) is 6.40. The standard InChI is InChI=1S/C10H8Br2O2S/c11-9-3-2-8(14-9)7(13)5-6-1-4-10(12)15-6/h1-4,7,13H,5H2. The molecular weight excluding hydrogens is 344 g/mol. The molecule has 0 spiro atoms. The van der Waals surface area contributed by atoms with Gasteiger partial charge in [-0.3, -0.25) is 0 Å². The Bertz CT molecular complexity index is 450. The van der Waals surface area contributed by atoms with Gasteiger partial charge in [-0.25, -0.2) is 0 Å². The molecule has 80 valence electrons. The fraction of sp³-hybridized carbons (Fsp3) is 0.200. The van der Waals surface area contributed by atoms with Gasteiger partial charge in [0, 0.05) is 11.3 Å². The number of hydrogen-bond donors (Lipinski definition) is 1. The first-order valence-corrected chi connectivity index (χ1v) is 6.73. The SMILES string of the molecule is OC(Cc1ccc(Br)s1)c1ccc(Br)o1. The van der Waals surface area contributed by atoms with Gasteiger partial charge in [0.1, 0.15) is 11.9 Å². The minimum absolute atomic E-state index is 0.580. The highest BCUT2D eigenvalue weighted by Crippen LogP contribution is 2.28. The van der Waals surface area contributed by atoms with E-state index in [1.165, 1.54) is 0 Å². The molecule has 1 N–H and O–H groups in total. The predicted molar refractivity (Wildman–Crippen MR) is 67.1 cm³/mol. The number of thiophene rings is 1. The van der Waals surface area contributed by atoms with E-state index in [1.807, 2.05) is 12.1 Å². The topological polar surface area (TPSA) is 33.4 Å². The van der Waals surface area contributed by atoms with E-state index in [9.17, 15) is 5.11 Å². The van der Waals surface area contributed by atoms with Crippen LogP contribution in [0.4, 0.5) is 0 Å². The minimum atomic E-state index is -0.582.